The third-order valence-electron chi connectivity index (χ3n) is 9.52. The predicted molar refractivity (Wildman–Crippen MR) is 189 cm³/mol. The van der Waals surface area contributed by atoms with Crippen molar-refractivity contribution in [1.82, 2.24) is 16.0 Å². The van der Waals surface area contributed by atoms with Crippen molar-refractivity contribution in [3.63, 3.8) is 0 Å². The van der Waals surface area contributed by atoms with Gasteiger partial charge in [-0.2, -0.15) is 0 Å². The van der Waals surface area contributed by atoms with Crippen LogP contribution in [0.2, 0.25) is 0 Å². The van der Waals surface area contributed by atoms with E-state index >= 15 is 0 Å². The van der Waals surface area contributed by atoms with Crippen molar-refractivity contribution in [1.29, 1.82) is 0 Å². The lowest BCUT2D eigenvalue weighted by Gasteiger charge is -2.44. The van der Waals surface area contributed by atoms with Gasteiger partial charge < -0.3 is 30.5 Å². The van der Waals surface area contributed by atoms with E-state index in [0.29, 0.717) is 19.6 Å². The zero-order valence-electron chi connectivity index (χ0n) is 30.2. The summed E-state index contributed by atoms with van der Waals surface area (Å²) in [5.41, 5.74) is -0.551. The molecule has 0 aromatic carbocycles. The van der Waals surface area contributed by atoms with E-state index in [4.69, 9.17) is 9.47 Å². The largest absolute Gasteiger partial charge is 0.481 e. The normalized spacial score (nSPS) is 23.3. The van der Waals surface area contributed by atoms with Gasteiger partial charge in [-0.1, -0.05) is 103 Å². The van der Waals surface area contributed by atoms with Crippen molar-refractivity contribution in [3.8, 4) is 0 Å². The number of urea groups is 1. The molecule has 0 aromatic heterocycles. The van der Waals surface area contributed by atoms with Crippen LogP contribution < -0.4 is 16.0 Å². The highest BCUT2D eigenvalue weighted by atomic mass is 16.7. The maximum atomic E-state index is 13.2. The van der Waals surface area contributed by atoms with Gasteiger partial charge in [0.05, 0.1) is 12.5 Å². The molecule has 9 heteroatoms. The van der Waals surface area contributed by atoms with Crippen LogP contribution in [0.5, 0.6) is 0 Å². The van der Waals surface area contributed by atoms with E-state index in [1.165, 1.54) is 44.9 Å². The molecule has 4 unspecified atom stereocenters. The monoisotopic (exact) mass is 662 g/mol. The highest BCUT2D eigenvalue weighted by Gasteiger charge is 2.46. The topological polar surface area (TPSA) is 126 Å². The lowest BCUT2D eigenvalue weighted by atomic mass is 9.82. The first kappa shape index (κ1) is 40.8. The molecule has 9 nitrogen and oxygen atoms in total. The number of rotatable bonds is 21. The number of aliphatic carboxylic acids is 1. The van der Waals surface area contributed by atoms with Crippen LogP contribution in [0.15, 0.2) is 24.3 Å². The molecular formula is C38H67N3O6. The summed E-state index contributed by atoms with van der Waals surface area (Å²) in [6.07, 6.45) is 26.8. The Morgan fingerprint density at radius 3 is 2.15 bits per heavy atom. The van der Waals surface area contributed by atoms with Gasteiger partial charge in [0.15, 0.2) is 5.79 Å². The molecule has 2 fully saturated rings. The first-order chi connectivity index (χ1) is 22.5. The minimum absolute atomic E-state index is 0.0120. The molecule has 0 bridgehead atoms. The van der Waals surface area contributed by atoms with E-state index in [0.717, 1.165) is 57.8 Å². The van der Waals surface area contributed by atoms with Crippen molar-refractivity contribution in [3.05, 3.63) is 24.3 Å². The summed E-state index contributed by atoms with van der Waals surface area (Å²) in [7, 11) is 0. The van der Waals surface area contributed by atoms with Gasteiger partial charge >= 0.3 is 12.0 Å². The lowest BCUT2D eigenvalue weighted by molar-refractivity contribution is -0.304. The van der Waals surface area contributed by atoms with Gasteiger partial charge in [-0.25, -0.2) is 4.79 Å². The number of hydrogen-bond donors (Lipinski definition) is 4. The molecule has 1 saturated heterocycles. The third kappa shape index (κ3) is 16.5. The summed E-state index contributed by atoms with van der Waals surface area (Å²) in [4.78, 5) is 38.5. The maximum Gasteiger partial charge on any atom is 0.315 e. The van der Waals surface area contributed by atoms with Crippen LogP contribution >= 0.6 is 0 Å². The van der Waals surface area contributed by atoms with Crippen LogP contribution in [0, 0.1) is 17.3 Å². The number of carboxylic acid groups (broad SMARTS) is 1. The number of carbonyl (C=O) groups is 3. The summed E-state index contributed by atoms with van der Waals surface area (Å²) in [5, 5.41) is 19.2. The Morgan fingerprint density at radius 1 is 0.830 bits per heavy atom. The molecular weight excluding hydrogens is 594 g/mol. The Labute approximate surface area is 285 Å². The molecule has 270 valence electrons. The molecule has 1 heterocycles. The second-order valence-electron chi connectivity index (χ2n) is 14.8. The van der Waals surface area contributed by atoms with Gasteiger partial charge in [0.2, 0.25) is 5.91 Å². The average molecular weight is 662 g/mol. The molecule has 0 spiro atoms. The summed E-state index contributed by atoms with van der Waals surface area (Å²) in [6, 6.07) is -0.505. The molecule has 1 aliphatic heterocycles. The second-order valence-corrected chi connectivity index (χ2v) is 14.8. The first-order valence-electron chi connectivity index (χ1n) is 18.6. The summed E-state index contributed by atoms with van der Waals surface area (Å²) >= 11 is 0. The Kier molecular flexibility index (Phi) is 19.3. The van der Waals surface area contributed by atoms with Gasteiger partial charge in [-0.05, 0) is 71.1 Å². The van der Waals surface area contributed by atoms with Crippen LogP contribution in [-0.4, -0.2) is 60.6 Å². The molecule has 4 N–H and O–H groups in total. The van der Waals surface area contributed by atoms with Crippen molar-refractivity contribution in [2.24, 2.45) is 17.3 Å². The number of allylic oxidation sites excluding steroid dienone is 4. The Bertz CT molecular complexity index is 978. The van der Waals surface area contributed by atoms with Gasteiger partial charge in [-0.15, -0.1) is 0 Å². The van der Waals surface area contributed by atoms with Gasteiger partial charge in [-0.3, -0.25) is 9.59 Å². The number of ether oxygens (including phenoxy) is 2. The zero-order chi connectivity index (χ0) is 34.5. The molecule has 3 amide bonds. The number of unbranched alkanes of at least 4 members (excludes halogenated alkanes) is 9. The van der Waals surface area contributed by atoms with Gasteiger partial charge in [0.25, 0.3) is 0 Å². The van der Waals surface area contributed by atoms with Crippen molar-refractivity contribution < 1.29 is 29.0 Å². The standard InChI is InChI=1S/C38H67N3O6/c1-6-7-8-9-10-11-12-13-14-15-16-17-18-19-20-24-27-39-36(45)41-32-26-23-21-22-25-30(32)31(35(43)44)28-40-34(42)33-37(2,3)29-46-38(4,5)47-33/h11-12,14-15,30-33H,6-10,13,16-29H2,1-5H3,(H,40,42)(H,43,44)(H2,39,41,45). The van der Waals surface area contributed by atoms with Gasteiger partial charge in [0, 0.05) is 24.5 Å². The average Bonchev–Trinajstić information content (AvgIpc) is 3.25. The highest BCUT2D eigenvalue weighted by molar-refractivity contribution is 5.82. The first-order valence-corrected chi connectivity index (χ1v) is 18.6. The number of carboxylic acids is 1. The molecule has 2 aliphatic rings. The van der Waals surface area contributed by atoms with E-state index in [-0.39, 0.29) is 30.4 Å². The Hall–Kier alpha value is -2.39. The number of nitrogens with one attached hydrogen (secondary N) is 3. The van der Waals surface area contributed by atoms with E-state index in [9.17, 15) is 19.5 Å². The molecule has 1 saturated carbocycles. The third-order valence-corrected chi connectivity index (χ3v) is 9.52. The van der Waals surface area contributed by atoms with Crippen LogP contribution in [0.3, 0.4) is 0 Å². The van der Waals surface area contributed by atoms with Crippen molar-refractivity contribution in [2.75, 3.05) is 19.7 Å². The fraction of sp³-hybridized carbons (Fsp3) is 0.816. The summed E-state index contributed by atoms with van der Waals surface area (Å²) in [5.74, 6) is -3.28. The van der Waals surface area contributed by atoms with Crippen molar-refractivity contribution in [2.45, 2.75) is 162 Å². The van der Waals surface area contributed by atoms with Crippen LogP contribution in [-0.2, 0) is 19.1 Å². The molecule has 2 rings (SSSR count). The number of amides is 3. The van der Waals surface area contributed by atoms with Crippen LogP contribution in [0.25, 0.3) is 0 Å². The fourth-order valence-corrected chi connectivity index (χ4v) is 6.58. The Balaban J connectivity index is 1.69. The minimum Gasteiger partial charge on any atom is -0.481 e. The molecule has 47 heavy (non-hydrogen) atoms. The predicted octanol–water partition coefficient (Wildman–Crippen LogP) is 8.04. The van der Waals surface area contributed by atoms with Gasteiger partial charge in [0.1, 0.15) is 6.10 Å². The SMILES string of the molecule is CCCCCCC=CCC=CCCCCCCCNC(=O)NC1CCCCCC1C(CNC(=O)C1OC(C)(C)OCC1(C)C)C(=O)O. The van der Waals surface area contributed by atoms with E-state index in [1.54, 1.807) is 13.8 Å². The Morgan fingerprint density at radius 2 is 1.47 bits per heavy atom. The molecule has 0 radical (unpaired) electrons. The zero-order valence-corrected chi connectivity index (χ0v) is 30.2. The smallest absolute Gasteiger partial charge is 0.315 e. The molecule has 1 aliphatic carbocycles. The van der Waals surface area contributed by atoms with Crippen LogP contribution in [0.4, 0.5) is 4.79 Å². The second kappa shape index (κ2) is 22.3. The summed E-state index contributed by atoms with van der Waals surface area (Å²) in [6.45, 7) is 10.5. The number of carbonyl (C=O) groups excluding carboxylic acids is 2. The number of hydrogen-bond acceptors (Lipinski definition) is 5. The van der Waals surface area contributed by atoms with E-state index in [1.807, 2.05) is 13.8 Å². The van der Waals surface area contributed by atoms with Crippen molar-refractivity contribution >= 4 is 17.9 Å². The fourth-order valence-electron chi connectivity index (χ4n) is 6.58. The lowest BCUT2D eigenvalue weighted by Crippen LogP contribution is -2.57. The van der Waals surface area contributed by atoms with E-state index < -0.39 is 29.2 Å². The molecule has 4 atom stereocenters. The minimum atomic E-state index is -0.961. The maximum absolute atomic E-state index is 13.2. The summed E-state index contributed by atoms with van der Waals surface area (Å²) < 4.78 is 11.7. The van der Waals surface area contributed by atoms with Crippen LogP contribution in [0.1, 0.15) is 144 Å². The highest BCUT2D eigenvalue weighted by Crippen LogP contribution is 2.35. The quantitative estimate of drug-likeness (QED) is 0.0560. The van der Waals surface area contributed by atoms with E-state index in [2.05, 4.69) is 47.2 Å². The molecule has 0 aromatic rings.